The standard InChI is InChI=1S/C71H70BN3O10/c1-37-30-55-58-56(31-37)75(52-28-22-41(69(6,7)8)32-47(52)39-18-20-40(21-19-39)68(3,4)5)53-29-23-42(70(9,10)11)33-51(53)72(58)50-27-25-44(35-54(50)73(55)43-24-26-46-45-16-14-15-17-48(45)71(12,13)49(46)34-43)74-59(61(79)57(78)36-76)66(38(2)77)84-85-67-60(74)62(80)63(81)64(82)65(67)83/h14-35,76-83H,2,36H2,1,3-13H3/b61-57-. The normalized spacial score (nSPS) is 14.3. The minimum absolute atomic E-state index is 0.0570. The predicted molar refractivity (Wildman–Crippen MR) is 341 cm³/mol. The van der Waals surface area contributed by atoms with Gasteiger partial charge in [-0.2, -0.15) is 0 Å². The summed E-state index contributed by atoms with van der Waals surface area (Å²) >= 11 is 0. The minimum Gasteiger partial charge on any atom is -0.506 e. The fraction of sp³-hybridized carbons (Fsp3) is 0.239. The molecule has 0 spiro atoms. The van der Waals surface area contributed by atoms with E-state index >= 15 is 0 Å². The Morgan fingerprint density at radius 2 is 1.13 bits per heavy atom. The summed E-state index contributed by atoms with van der Waals surface area (Å²) in [6.45, 7) is 28.6. The molecule has 432 valence electrons. The molecule has 1 aromatic heterocycles. The Balaban J connectivity index is 1.22. The number of anilines is 6. The Morgan fingerprint density at radius 3 is 1.78 bits per heavy atom. The molecule has 0 atom stereocenters. The molecule has 0 fully saturated rings. The lowest BCUT2D eigenvalue weighted by atomic mass is 9.33. The van der Waals surface area contributed by atoms with Crippen LogP contribution in [0.4, 0.5) is 34.1 Å². The number of aromatic nitrogens is 1. The van der Waals surface area contributed by atoms with Gasteiger partial charge in [-0.15, -0.1) is 0 Å². The van der Waals surface area contributed by atoms with E-state index in [1.807, 2.05) is 6.07 Å². The van der Waals surface area contributed by atoms with Crippen molar-refractivity contribution in [3.8, 4) is 50.9 Å². The highest BCUT2D eigenvalue weighted by atomic mass is 17.0. The zero-order valence-corrected chi connectivity index (χ0v) is 49.9. The average molecular weight is 1140 g/mol. The van der Waals surface area contributed by atoms with E-state index in [4.69, 9.17) is 9.15 Å². The van der Waals surface area contributed by atoms with Crippen molar-refractivity contribution in [2.75, 3.05) is 16.4 Å². The number of fused-ring (bicyclic) bond motifs is 8. The average Bonchev–Trinajstić information content (AvgIpc) is 0.939. The zero-order chi connectivity index (χ0) is 60.9. The third kappa shape index (κ3) is 8.70. The molecule has 0 bridgehead atoms. The summed E-state index contributed by atoms with van der Waals surface area (Å²) in [5.74, 6) is -8.11. The van der Waals surface area contributed by atoms with Gasteiger partial charge < -0.3 is 50.7 Å². The van der Waals surface area contributed by atoms with Gasteiger partial charge in [0.25, 0.3) is 12.3 Å². The van der Waals surface area contributed by atoms with E-state index in [1.165, 1.54) is 16.7 Å². The monoisotopic (exact) mass is 1140 g/mol. The summed E-state index contributed by atoms with van der Waals surface area (Å²) in [5, 5.41) is 90.3. The van der Waals surface area contributed by atoms with Crippen molar-refractivity contribution in [3.63, 3.8) is 0 Å². The first-order chi connectivity index (χ1) is 40.0. The van der Waals surface area contributed by atoms with Crippen LogP contribution in [0.25, 0.3) is 50.6 Å². The third-order valence-electron chi connectivity index (χ3n) is 17.4. The van der Waals surface area contributed by atoms with Crippen molar-refractivity contribution < 1.29 is 50.0 Å². The second-order valence-corrected chi connectivity index (χ2v) is 26.4. The lowest BCUT2D eigenvalue weighted by Crippen LogP contribution is -2.61. The Morgan fingerprint density at radius 1 is 0.541 bits per heavy atom. The van der Waals surface area contributed by atoms with Gasteiger partial charge in [0.1, 0.15) is 17.8 Å². The van der Waals surface area contributed by atoms with Crippen LogP contribution in [0.2, 0.25) is 0 Å². The Labute approximate surface area is 494 Å². The van der Waals surface area contributed by atoms with Crippen LogP contribution in [0.5, 0.6) is 23.0 Å². The van der Waals surface area contributed by atoms with E-state index in [0.717, 1.165) is 88.3 Å². The zero-order valence-electron chi connectivity index (χ0n) is 49.9. The molecule has 9 aromatic rings. The maximum Gasteiger partial charge on any atom is 0.252 e. The summed E-state index contributed by atoms with van der Waals surface area (Å²) in [6, 6.07) is 47.4. The van der Waals surface area contributed by atoms with Crippen molar-refractivity contribution in [1.29, 1.82) is 0 Å². The maximum atomic E-state index is 12.0. The molecular weight excluding hydrogens is 1070 g/mol. The van der Waals surface area contributed by atoms with Gasteiger partial charge in [-0.05, 0) is 144 Å². The highest BCUT2D eigenvalue weighted by Gasteiger charge is 2.46. The van der Waals surface area contributed by atoms with Gasteiger partial charge in [-0.25, -0.2) is 0 Å². The summed E-state index contributed by atoms with van der Waals surface area (Å²) < 4.78 is 12.1. The molecule has 8 aromatic carbocycles. The van der Waals surface area contributed by atoms with E-state index in [-0.39, 0.29) is 21.9 Å². The lowest BCUT2D eigenvalue weighted by Gasteiger charge is -2.45. The highest BCUT2D eigenvalue weighted by Crippen LogP contribution is 2.54. The first-order valence-electron chi connectivity index (χ1n) is 28.5. The van der Waals surface area contributed by atoms with Crippen LogP contribution >= 0.6 is 0 Å². The van der Waals surface area contributed by atoms with Gasteiger partial charge in [0.05, 0.1) is 5.69 Å². The molecule has 12 rings (SSSR count). The molecule has 0 radical (unpaired) electrons. The van der Waals surface area contributed by atoms with E-state index in [9.17, 15) is 40.9 Å². The smallest absolute Gasteiger partial charge is 0.252 e. The molecule has 85 heavy (non-hydrogen) atoms. The lowest BCUT2D eigenvalue weighted by molar-refractivity contribution is 0.0597. The van der Waals surface area contributed by atoms with E-state index in [2.05, 4.69) is 215 Å². The quantitative estimate of drug-likeness (QED) is 0.0247. The van der Waals surface area contributed by atoms with Gasteiger partial charge in [-0.1, -0.05) is 162 Å². The van der Waals surface area contributed by atoms with E-state index in [0.29, 0.717) is 5.69 Å². The van der Waals surface area contributed by atoms with Gasteiger partial charge >= 0.3 is 0 Å². The molecule has 8 N–H and O–H groups in total. The first kappa shape index (κ1) is 56.1. The molecule has 2 aliphatic heterocycles. The fourth-order valence-corrected chi connectivity index (χ4v) is 12.8. The van der Waals surface area contributed by atoms with Gasteiger partial charge in [0.2, 0.25) is 23.0 Å². The van der Waals surface area contributed by atoms with Crippen LogP contribution in [-0.4, -0.2) is 58.7 Å². The molecule has 1 aliphatic carbocycles. The Hall–Kier alpha value is -9.40. The molecule has 3 aliphatic rings. The number of nitrogens with zero attached hydrogens (tertiary/aromatic N) is 3. The number of hydrogen-bond acceptors (Lipinski definition) is 12. The van der Waals surface area contributed by atoms with Crippen LogP contribution in [0.15, 0.2) is 155 Å². The van der Waals surface area contributed by atoms with Crippen LogP contribution in [0, 0.1) is 6.92 Å². The Bertz CT molecular complexity index is 4400. The molecule has 14 heteroatoms. The second-order valence-electron chi connectivity index (χ2n) is 26.4. The minimum atomic E-state index is -1.17. The van der Waals surface area contributed by atoms with Gasteiger partial charge in [-0.3, -0.25) is 13.7 Å². The van der Waals surface area contributed by atoms with E-state index < -0.39 is 81.6 Å². The molecule has 0 unspecified atom stereocenters. The van der Waals surface area contributed by atoms with Crippen LogP contribution in [0.1, 0.15) is 121 Å². The van der Waals surface area contributed by atoms with Gasteiger partial charge in [0.15, 0.2) is 23.0 Å². The first-order valence-corrected chi connectivity index (χ1v) is 28.5. The predicted octanol–water partition coefficient (Wildman–Crippen LogP) is 15.3. The topological polar surface area (TPSA) is 200 Å². The molecular formula is C71H70BN3O10. The number of aromatic hydroxyl groups is 4. The molecule has 0 amide bonds. The molecule has 3 heterocycles. The fourth-order valence-electron chi connectivity index (χ4n) is 12.8. The van der Waals surface area contributed by atoms with Crippen molar-refractivity contribution in [3.05, 3.63) is 191 Å². The number of aliphatic hydroxyl groups excluding tert-OH is 4. The maximum absolute atomic E-state index is 12.0. The largest absolute Gasteiger partial charge is 0.506 e. The summed E-state index contributed by atoms with van der Waals surface area (Å²) in [6.07, 6.45) is 0. The number of phenolic OH excluding ortho intramolecular Hbond substituents is 4. The van der Waals surface area contributed by atoms with Crippen LogP contribution in [0.3, 0.4) is 0 Å². The number of phenols is 4. The summed E-state index contributed by atoms with van der Waals surface area (Å²) in [5.41, 5.74) is 16.5. The number of hydrogen-bond donors (Lipinski definition) is 8. The van der Waals surface area contributed by atoms with Gasteiger partial charge in [0, 0.05) is 45.1 Å². The van der Waals surface area contributed by atoms with Crippen molar-refractivity contribution >= 4 is 79.8 Å². The molecule has 13 nitrogen and oxygen atoms in total. The summed E-state index contributed by atoms with van der Waals surface area (Å²) in [7, 11) is 0. The van der Waals surface area contributed by atoms with Crippen LogP contribution < -0.4 is 26.2 Å². The SMILES string of the molecule is C=C(O)c1ooc2c(O)c(O)c(O)c(O)c2n(-c2ccc3c(c2)N(c2ccc4c(c2)C(C)(C)c2ccccc2-4)c2cc(C)cc4c2B3c2cc(C(C)(C)C)ccc2N4c2ccc(C(C)(C)C)cc2-c2ccc(C(C)(C)C)cc2)c1/C(O)=C(/O)CO. The number of aryl methyl sites for hydroxylation is 1. The van der Waals surface area contributed by atoms with Crippen LogP contribution in [-0.2, 0) is 21.7 Å². The number of rotatable bonds is 7. The third-order valence-corrected chi connectivity index (χ3v) is 17.4. The van der Waals surface area contributed by atoms with Crippen molar-refractivity contribution in [2.45, 2.75) is 105 Å². The van der Waals surface area contributed by atoms with E-state index in [1.54, 1.807) is 12.1 Å². The molecule has 0 saturated carbocycles. The highest BCUT2D eigenvalue weighted by molar-refractivity contribution is 7.00. The number of benzene rings is 8. The van der Waals surface area contributed by atoms with Crippen molar-refractivity contribution in [1.82, 2.24) is 4.57 Å². The Kier molecular flexibility index (Phi) is 12.8. The number of aliphatic hydroxyl groups is 4. The second kappa shape index (κ2) is 19.3. The van der Waals surface area contributed by atoms with Crippen molar-refractivity contribution in [2.24, 2.45) is 0 Å². The summed E-state index contributed by atoms with van der Waals surface area (Å²) in [4.78, 5) is 4.64. The molecule has 0 saturated heterocycles.